The minimum absolute atomic E-state index is 0.119. The quantitative estimate of drug-likeness (QED) is 0.826. The molecule has 0 aliphatic carbocycles. The molecule has 0 amide bonds. The van der Waals surface area contributed by atoms with Gasteiger partial charge in [0.05, 0.1) is 5.02 Å². The van der Waals surface area contributed by atoms with E-state index in [-0.39, 0.29) is 12.6 Å². The van der Waals surface area contributed by atoms with Gasteiger partial charge < -0.3 is 15.2 Å². The van der Waals surface area contributed by atoms with Crippen LogP contribution >= 0.6 is 11.6 Å². The van der Waals surface area contributed by atoms with Gasteiger partial charge in [-0.3, -0.25) is 4.98 Å². The summed E-state index contributed by atoms with van der Waals surface area (Å²) in [6, 6.07) is 11.2. The maximum absolute atomic E-state index is 9.95. The number of hydrogen-bond donors (Lipinski definition) is 2. The average Bonchev–Trinajstić information content (AvgIpc) is 2.52. The van der Waals surface area contributed by atoms with E-state index >= 15 is 0 Å². The van der Waals surface area contributed by atoms with E-state index in [0.717, 1.165) is 5.56 Å². The molecule has 5 heteroatoms. The second kappa shape index (κ2) is 7.98. The third kappa shape index (κ3) is 5.01. The molecule has 2 unspecified atom stereocenters. The maximum atomic E-state index is 9.95. The van der Waals surface area contributed by atoms with Crippen molar-refractivity contribution in [3.63, 3.8) is 0 Å². The fraction of sp³-hybridized carbons (Fsp3) is 0.312. The number of aromatic nitrogens is 1. The van der Waals surface area contributed by atoms with Gasteiger partial charge in [-0.1, -0.05) is 29.8 Å². The summed E-state index contributed by atoms with van der Waals surface area (Å²) in [6.07, 6.45) is 2.94. The van der Waals surface area contributed by atoms with Crippen molar-refractivity contribution in [1.82, 2.24) is 10.3 Å². The summed E-state index contributed by atoms with van der Waals surface area (Å²) in [5.41, 5.74) is 1.08. The number of halogens is 1. The number of benzene rings is 1. The third-order valence-corrected chi connectivity index (χ3v) is 3.42. The molecular formula is C16H19ClN2O2. The predicted molar refractivity (Wildman–Crippen MR) is 83.6 cm³/mol. The highest BCUT2D eigenvalue weighted by molar-refractivity contribution is 6.32. The van der Waals surface area contributed by atoms with Crippen LogP contribution in [0.25, 0.3) is 0 Å². The van der Waals surface area contributed by atoms with E-state index in [1.807, 2.05) is 37.4 Å². The lowest BCUT2D eigenvalue weighted by Crippen LogP contribution is -2.33. The Kier molecular flexibility index (Phi) is 5.99. The largest absolute Gasteiger partial charge is 0.489 e. The van der Waals surface area contributed by atoms with Crippen LogP contribution in [0, 0.1) is 0 Å². The normalized spacial score (nSPS) is 13.7. The molecule has 0 saturated heterocycles. The fourth-order valence-corrected chi connectivity index (χ4v) is 2.06. The summed E-state index contributed by atoms with van der Waals surface area (Å²) in [5, 5.41) is 13.7. The average molecular weight is 307 g/mol. The molecular weight excluding hydrogens is 288 g/mol. The second-order valence-corrected chi connectivity index (χ2v) is 5.22. The lowest BCUT2D eigenvalue weighted by atomic mass is 10.1. The fourth-order valence-electron chi connectivity index (χ4n) is 1.87. The van der Waals surface area contributed by atoms with Crippen LogP contribution in [0.1, 0.15) is 18.5 Å². The molecule has 2 aromatic rings. The van der Waals surface area contributed by atoms with Crippen molar-refractivity contribution in [2.75, 3.05) is 13.2 Å². The molecule has 0 radical (unpaired) electrons. The summed E-state index contributed by atoms with van der Waals surface area (Å²) in [7, 11) is 0. The Balaban J connectivity index is 1.75. The van der Waals surface area contributed by atoms with Gasteiger partial charge in [-0.15, -0.1) is 0 Å². The first-order valence-electron chi connectivity index (χ1n) is 6.85. The van der Waals surface area contributed by atoms with Crippen LogP contribution < -0.4 is 10.1 Å². The number of aliphatic hydroxyl groups excluding tert-OH is 1. The lowest BCUT2D eigenvalue weighted by molar-refractivity contribution is 0.104. The van der Waals surface area contributed by atoms with Crippen molar-refractivity contribution in [3.05, 3.63) is 59.4 Å². The number of nitrogens with zero attached hydrogens (tertiary/aromatic N) is 1. The van der Waals surface area contributed by atoms with E-state index in [4.69, 9.17) is 16.3 Å². The number of nitrogens with one attached hydrogen (secondary N) is 1. The molecule has 1 aromatic carbocycles. The Bertz CT molecular complexity index is 551. The number of para-hydroxylation sites is 1. The molecule has 2 rings (SSSR count). The zero-order valence-corrected chi connectivity index (χ0v) is 12.6. The van der Waals surface area contributed by atoms with Gasteiger partial charge in [0.1, 0.15) is 18.5 Å². The molecule has 1 heterocycles. The number of hydrogen-bond acceptors (Lipinski definition) is 4. The molecule has 0 aliphatic rings. The monoisotopic (exact) mass is 306 g/mol. The first-order chi connectivity index (χ1) is 10.2. The number of rotatable bonds is 7. The van der Waals surface area contributed by atoms with Gasteiger partial charge in [0.25, 0.3) is 0 Å². The molecule has 2 atom stereocenters. The van der Waals surface area contributed by atoms with Crippen molar-refractivity contribution in [1.29, 1.82) is 0 Å². The molecule has 0 fully saturated rings. The molecule has 1 aromatic heterocycles. The van der Waals surface area contributed by atoms with E-state index in [0.29, 0.717) is 17.3 Å². The molecule has 0 saturated carbocycles. The Labute approximate surface area is 129 Å². The van der Waals surface area contributed by atoms with E-state index in [9.17, 15) is 5.11 Å². The van der Waals surface area contributed by atoms with Gasteiger partial charge in [-0.05, 0) is 30.7 Å². The highest BCUT2D eigenvalue weighted by atomic mass is 35.5. The SMILES string of the molecule is CC(NCC(O)COc1ccccc1Cl)c1cccnc1. The molecule has 4 nitrogen and oxygen atoms in total. The summed E-state index contributed by atoms with van der Waals surface area (Å²) >= 11 is 5.99. The Hall–Kier alpha value is -1.62. The van der Waals surface area contributed by atoms with Crippen LogP contribution in [-0.4, -0.2) is 29.3 Å². The van der Waals surface area contributed by atoms with E-state index in [1.165, 1.54) is 0 Å². The smallest absolute Gasteiger partial charge is 0.138 e. The summed E-state index contributed by atoms with van der Waals surface area (Å²) < 4.78 is 5.50. The molecule has 0 aliphatic heterocycles. The highest BCUT2D eigenvalue weighted by Gasteiger charge is 2.10. The number of pyridine rings is 1. The topological polar surface area (TPSA) is 54.4 Å². The molecule has 112 valence electrons. The van der Waals surface area contributed by atoms with Crippen LogP contribution in [0.3, 0.4) is 0 Å². The van der Waals surface area contributed by atoms with Crippen molar-refractivity contribution >= 4 is 11.6 Å². The Morgan fingerprint density at radius 2 is 2.10 bits per heavy atom. The Morgan fingerprint density at radius 1 is 1.29 bits per heavy atom. The van der Waals surface area contributed by atoms with Crippen LogP contribution in [0.15, 0.2) is 48.8 Å². The van der Waals surface area contributed by atoms with Gasteiger partial charge >= 0.3 is 0 Å². The molecule has 0 bridgehead atoms. The minimum Gasteiger partial charge on any atom is -0.489 e. The first-order valence-corrected chi connectivity index (χ1v) is 7.23. The van der Waals surface area contributed by atoms with Crippen molar-refractivity contribution < 1.29 is 9.84 Å². The summed E-state index contributed by atoms with van der Waals surface area (Å²) in [4.78, 5) is 4.08. The lowest BCUT2D eigenvalue weighted by Gasteiger charge is -2.18. The summed E-state index contributed by atoms with van der Waals surface area (Å²) in [5.74, 6) is 0.582. The Morgan fingerprint density at radius 3 is 2.81 bits per heavy atom. The van der Waals surface area contributed by atoms with Crippen LogP contribution in [0.4, 0.5) is 0 Å². The number of ether oxygens (including phenoxy) is 1. The minimum atomic E-state index is -0.611. The second-order valence-electron chi connectivity index (χ2n) is 4.81. The van der Waals surface area contributed by atoms with Gasteiger partial charge in [0, 0.05) is 25.0 Å². The number of aliphatic hydroxyl groups is 1. The van der Waals surface area contributed by atoms with Gasteiger partial charge in [-0.2, -0.15) is 0 Å². The van der Waals surface area contributed by atoms with E-state index in [2.05, 4.69) is 10.3 Å². The molecule has 2 N–H and O–H groups in total. The zero-order chi connectivity index (χ0) is 15.1. The van der Waals surface area contributed by atoms with E-state index < -0.39 is 6.10 Å². The van der Waals surface area contributed by atoms with Crippen molar-refractivity contribution in [2.45, 2.75) is 19.1 Å². The van der Waals surface area contributed by atoms with Crippen LogP contribution in [-0.2, 0) is 0 Å². The first kappa shape index (κ1) is 15.8. The predicted octanol–water partition coefficient (Wildman–Crippen LogP) is 2.83. The molecule has 0 spiro atoms. The van der Waals surface area contributed by atoms with Crippen molar-refractivity contribution in [3.8, 4) is 5.75 Å². The standard InChI is InChI=1S/C16H19ClN2O2/c1-12(13-5-4-8-18-9-13)19-10-14(20)11-21-16-7-3-2-6-15(16)17/h2-9,12,14,19-20H,10-11H2,1H3. The summed E-state index contributed by atoms with van der Waals surface area (Å²) in [6.45, 7) is 2.65. The van der Waals surface area contributed by atoms with Gasteiger partial charge in [0.2, 0.25) is 0 Å². The molecule has 21 heavy (non-hydrogen) atoms. The van der Waals surface area contributed by atoms with Crippen LogP contribution in [0.2, 0.25) is 5.02 Å². The third-order valence-electron chi connectivity index (χ3n) is 3.11. The zero-order valence-electron chi connectivity index (χ0n) is 11.9. The van der Waals surface area contributed by atoms with Crippen LogP contribution in [0.5, 0.6) is 5.75 Å². The highest BCUT2D eigenvalue weighted by Crippen LogP contribution is 2.23. The maximum Gasteiger partial charge on any atom is 0.138 e. The van der Waals surface area contributed by atoms with E-state index in [1.54, 1.807) is 18.3 Å². The van der Waals surface area contributed by atoms with Crippen molar-refractivity contribution in [2.24, 2.45) is 0 Å². The van der Waals surface area contributed by atoms with Gasteiger partial charge in [-0.25, -0.2) is 0 Å². The van der Waals surface area contributed by atoms with Gasteiger partial charge in [0.15, 0.2) is 0 Å².